The van der Waals surface area contributed by atoms with Crippen LogP contribution in [-0.4, -0.2) is 12.5 Å². The quantitative estimate of drug-likeness (QED) is 0.915. The maximum Gasteiger partial charge on any atom is 0.228 e. The van der Waals surface area contributed by atoms with E-state index in [1.54, 1.807) is 24.3 Å². The van der Waals surface area contributed by atoms with Gasteiger partial charge in [-0.05, 0) is 36.8 Å². The van der Waals surface area contributed by atoms with Crippen molar-refractivity contribution in [2.24, 2.45) is 0 Å². The first kappa shape index (κ1) is 14.6. The van der Waals surface area contributed by atoms with Crippen molar-refractivity contribution < 1.29 is 9.53 Å². The molecule has 0 saturated heterocycles. The van der Waals surface area contributed by atoms with Crippen molar-refractivity contribution in [2.75, 3.05) is 11.9 Å². The van der Waals surface area contributed by atoms with E-state index in [9.17, 15) is 4.79 Å². The fraction of sp³-hybridized carbons (Fsp3) is 0.176. The number of carbonyl (C=O) groups excluding carboxylic acids is 1. The number of hydrogen-bond donors (Lipinski definition) is 1. The molecule has 0 bridgehead atoms. The molecule has 0 radical (unpaired) electrons. The molecule has 4 nitrogen and oxygen atoms in total. The molecule has 0 aliphatic heterocycles. The maximum atomic E-state index is 12.0. The summed E-state index contributed by atoms with van der Waals surface area (Å²) < 4.78 is 5.36. The van der Waals surface area contributed by atoms with E-state index in [2.05, 4.69) is 11.4 Å². The van der Waals surface area contributed by atoms with Gasteiger partial charge in [-0.1, -0.05) is 24.3 Å². The number of para-hydroxylation sites is 1. The summed E-state index contributed by atoms with van der Waals surface area (Å²) in [6, 6.07) is 16.4. The van der Waals surface area contributed by atoms with E-state index in [4.69, 9.17) is 10.00 Å². The molecular weight excluding hydrogens is 264 g/mol. The zero-order chi connectivity index (χ0) is 15.1. The van der Waals surface area contributed by atoms with Crippen LogP contribution in [0.25, 0.3) is 0 Å². The standard InChI is InChI=1S/C17H16N2O2/c1-2-21-15-9-7-13(8-10-15)11-17(20)19-16-6-4-3-5-14(16)12-18/h3-10H,2,11H2,1H3,(H,19,20). The average Bonchev–Trinajstić information content (AvgIpc) is 2.50. The van der Waals surface area contributed by atoms with Crippen LogP contribution in [0.4, 0.5) is 5.69 Å². The molecule has 0 aromatic heterocycles. The van der Waals surface area contributed by atoms with Crippen LogP contribution in [0.5, 0.6) is 5.75 Å². The van der Waals surface area contributed by atoms with Crippen molar-refractivity contribution >= 4 is 11.6 Å². The highest BCUT2D eigenvalue weighted by atomic mass is 16.5. The Labute approximate surface area is 124 Å². The van der Waals surface area contributed by atoms with Crippen LogP contribution in [0.15, 0.2) is 48.5 Å². The number of amides is 1. The number of benzene rings is 2. The maximum absolute atomic E-state index is 12.0. The molecule has 2 aromatic rings. The van der Waals surface area contributed by atoms with Gasteiger partial charge in [0.25, 0.3) is 0 Å². The van der Waals surface area contributed by atoms with Crippen LogP contribution in [0.2, 0.25) is 0 Å². The molecule has 2 rings (SSSR count). The number of anilines is 1. The third kappa shape index (κ3) is 4.08. The summed E-state index contributed by atoms with van der Waals surface area (Å²) in [7, 11) is 0. The van der Waals surface area contributed by atoms with Gasteiger partial charge in [-0.3, -0.25) is 4.79 Å². The fourth-order valence-electron chi connectivity index (χ4n) is 1.94. The molecule has 0 atom stereocenters. The Morgan fingerprint density at radius 2 is 1.90 bits per heavy atom. The Morgan fingerprint density at radius 3 is 2.57 bits per heavy atom. The van der Waals surface area contributed by atoms with Crippen molar-refractivity contribution in [1.29, 1.82) is 5.26 Å². The van der Waals surface area contributed by atoms with E-state index in [0.717, 1.165) is 11.3 Å². The van der Waals surface area contributed by atoms with E-state index in [-0.39, 0.29) is 12.3 Å². The van der Waals surface area contributed by atoms with Crippen molar-refractivity contribution in [3.8, 4) is 11.8 Å². The molecule has 1 N–H and O–H groups in total. The molecule has 0 heterocycles. The first-order valence-corrected chi connectivity index (χ1v) is 6.73. The lowest BCUT2D eigenvalue weighted by atomic mass is 10.1. The fourth-order valence-corrected chi connectivity index (χ4v) is 1.94. The zero-order valence-corrected chi connectivity index (χ0v) is 11.8. The summed E-state index contributed by atoms with van der Waals surface area (Å²) in [5.74, 6) is 0.637. The minimum Gasteiger partial charge on any atom is -0.494 e. The summed E-state index contributed by atoms with van der Waals surface area (Å²) in [6.45, 7) is 2.54. The Balaban J connectivity index is 2.00. The van der Waals surface area contributed by atoms with E-state index >= 15 is 0 Å². The van der Waals surface area contributed by atoms with Gasteiger partial charge in [0.15, 0.2) is 0 Å². The molecule has 0 aliphatic carbocycles. The third-order valence-electron chi connectivity index (χ3n) is 2.92. The van der Waals surface area contributed by atoms with Gasteiger partial charge in [0.1, 0.15) is 11.8 Å². The van der Waals surface area contributed by atoms with Crippen LogP contribution >= 0.6 is 0 Å². The molecule has 4 heteroatoms. The van der Waals surface area contributed by atoms with Crippen molar-refractivity contribution in [3.63, 3.8) is 0 Å². The van der Waals surface area contributed by atoms with E-state index < -0.39 is 0 Å². The Hall–Kier alpha value is -2.80. The summed E-state index contributed by atoms with van der Waals surface area (Å²) in [5.41, 5.74) is 1.89. The second-order valence-electron chi connectivity index (χ2n) is 4.46. The van der Waals surface area contributed by atoms with Crippen LogP contribution in [0.1, 0.15) is 18.1 Å². The van der Waals surface area contributed by atoms with Crippen LogP contribution in [-0.2, 0) is 11.2 Å². The molecule has 0 fully saturated rings. The van der Waals surface area contributed by atoms with Gasteiger partial charge in [-0.25, -0.2) is 0 Å². The van der Waals surface area contributed by atoms with Crippen LogP contribution in [0.3, 0.4) is 0 Å². The van der Waals surface area contributed by atoms with E-state index in [0.29, 0.717) is 17.9 Å². The highest BCUT2D eigenvalue weighted by Gasteiger charge is 2.07. The van der Waals surface area contributed by atoms with E-state index in [1.807, 2.05) is 31.2 Å². The van der Waals surface area contributed by atoms with Gasteiger partial charge in [-0.15, -0.1) is 0 Å². The van der Waals surface area contributed by atoms with Gasteiger partial charge in [0.2, 0.25) is 5.91 Å². The van der Waals surface area contributed by atoms with Gasteiger partial charge in [0.05, 0.1) is 24.3 Å². The summed E-state index contributed by atoms with van der Waals surface area (Å²) in [4.78, 5) is 12.0. The highest BCUT2D eigenvalue weighted by Crippen LogP contribution is 2.15. The zero-order valence-electron chi connectivity index (χ0n) is 11.8. The molecule has 0 saturated carbocycles. The molecular formula is C17H16N2O2. The van der Waals surface area contributed by atoms with Crippen LogP contribution < -0.4 is 10.1 Å². The lowest BCUT2D eigenvalue weighted by Crippen LogP contribution is -2.15. The number of nitriles is 1. The van der Waals surface area contributed by atoms with Crippen LogP contribution in [0, 0.1) is 11.3 Å². The van der Waals surface area contributed by atoms with Gasteiger partial charge < -0.3 is 10.1 Å². The van der Waals surface area contributed by atoms with Gasteiger partial charge >= 0.3 is 0 Å². The molecule has 0 spiro atoms. The van der Waals surface area contributed by atoms with Gasteiger partial charge in [0, 0.05) is 0 Å². The average molecular weight is 280 g/mol. The Morgan fingerprint density at radius 1 is 1.19 bits per heavy atom. The Kier molecular flexibility index (Phi) is 4.94. The SMILES string of the molecule is CCOc1ccc(CC(=O)Nc2ccccc2C#N)cc1. The lowest BCUT2D eigenvalue weighted by molar-refractivity contribution is -0.115. The number of carbonyl (C=O) groups is 1. The molecule has 0 aliphatic rings. The number of rotatable bonds is 5. The number of ether oxygens (including phenoxy) is 1. The Bertz CT molecular complexity index is 657. The third-order valence-corrected chi connectivity index (χ3v) is 2.92. The molecule has 21 heavy (non-hydrogen) atoms. The second kappa shape index (κ2) is 7.11. The minimum atomic E-state index is -0.151. The second-order valence-corrected chi connectivity index (χ2v) is 4.46. The molecule has 1 amide bonds. The molecule has 2 aromatic carbocycles. The summed E-state index contributed by atoms with van der Waals surface area (Å²) >= 11 is 0. The minimum absolute atomic E-state index is 0.151. The topological polar surface area (TPSA) is 62.1 Å². The largest absolute Gasteiger partial charge is 0.494 e. The summed E-state index contributed by atoms with van der Waals surface area (Å²) in [5, 5.41) is 11.7. The number of nitrogens with one attached hydrogen (secondary N) is 1. The monoisotopic (exact) mass is 280 g/mol. The summed E-state index contributed by atoms with van der Waals surface area (Å²) in [6.07, 6.45) is 0.256. The van der Waals surface area contributed by atoms with E-state index in [1.165, 1.54) is 0 Å². The predicted octanol–water partition coefficient (Wildman–Crippen LogP) is 3.14. The molecule has 106 valence electrons. The lowest BCUT2D eigenvalue weighted by Gasteiger charge is -2.07. The number of hydrogen-bond acceptors (Lipinski definition) is 3. The van der Waals surface area contributed by atoms with Crippen molar-refractivity contribution in [2.45, 2.75) is 13.3 Å². The predicted molar refractivity (Wildman–Crippen MR) is 81.1 cm³/mol. The first-order valence-electron chi connectivity index (χ1n) is 6.73. The number of nitrogens with zero attached hydrogens (tertiary/aromatic N) is 1. The smallest absolute Gasteiger partial charge is 0.228 e. The first-order chi connectivity index (χ1) is 10.2. The highest BCUT2D eigenvalue weighted by molar-refractivity contribution is 5.93. The molecule has 0 unspecified atom stereocenters. The van der Waals surface area contributed by atoms with Crippen molar-refractivity contribution in [1.82, 2.24) is 0 Å². The normalized spacial score (nSPS) is 9.71. The van der Waals surface area contributed by atoms with Crippen molar-refractivity contribution in [3.05, 3.63) is 59.7 Å². The van der Waals surface area contributed by atoms with Gasteiger partial charge in [-0.2, -0.15) is 5.26 Å².